The molecule has 1 saturated heterocycles. The largest absolute Gasteiger partial charge is 0.406 e. The number of carbonyl (C=O) groups excluding carboxylic acids is 2. The van der Waals surface area contributed by atoms with Crippen LogP contribution in [0.3, 0.4) is 0 Å². The van der Waals surface area contributed by atoms with Gasteiger partial charge in [-0.25, -0.2) is 9.37 Å². The lowest BCUT2D eigenvalue weighted by Crippen LogP contribution is -2.36. The first-order valence-corrected chi connectivity index (χ1v) is 9.46. The number of hydrogen-bond acceptors (Lipinski definition) is 4. The van der Waals surface area contributed by atoms with Crippen molar-refractivity contribution in [2.24, 2.45) is 5.92 Å². The number of rotatable bonds is 4. The van der Waals surface area contributed by atoms with Gasteiger partial charge in [0.1, 0.15) is 23.9 Å². The van der Waals surface area contributed by atoms with E-state index in [1.54, 1.807) is 16.0 Å². The predicted molar refractivity (Wildman–Crippen MR) is 97.8 cm³/mol. The fourth-order valence-electron chi connectivity index (χ4n) is 3.25. The number of nitrogens with one attached hydrogen (secondary N) is 1. The summed E-state index contributed by atoms with van der Waals surface area (Å²) in [6, 6.07) is 5.56. The summed E-state index contributed by atoms with van der Waals surface area (Å²) in [7, 11) is 0. The van der Waals surface area contributed by atoms with Crippen LogP contribution in [0.4, 0.5) is 23.4 Å². The number of anilines is 1. The summed E-state index contributed by atoms with van der Waals surface area (Å²) in [6.07, 6.45) is -3.13. The Labute approximate surface area is 165 Å². The molecule has 2 aromatic heterocycles. The molecule has 2 amide bonds. The van der Waals surface area contributed by atoms with E-state index in [2.05, 4.69) is 10.3 Å². The summed E-state index contributed by atoms with van der Waals surface area (Å²) in [5.41, 5.74) is 0.973. The van der Waals surface area contributed by atoms with Gasteiger partial charge < -0.3 is 10.2 Å². The molecule has 11 heteroatoms. The molecule has 1 atom stereocenters. The minimum Gasteiger partial charge on any atom is -0.333 e. The number of benzene rings is 1. The molecular weight excluding hydrogens is 412 g/mol. The number of hydrogen-bond donors (Lipinski definition) is 1. The Hall–Kier alpha value is -2.95. The first-order chi connectivity index (χ1) is 13.7. The van der Waals surface area contributed by atoms with Gasteiger partial charge in [0.05, 0.1) is 5.92 Å². The fourth-order valence-corrected chi connectivity index (χ4v) is 3.96. The van der Waals surface area contributed by atoms with Crippen molar-refractivity contribution in [1.29, 1.82) is 0 Å². The first-order valence-electron chi connectivity index (χ1n) is 8.58. The molecule has 1 fully saturated rings. The van der Waals surface area contributed by atoms with E-state index in [1.807, 2.05) is 0 Å². The van der Waals surface area contributed by atoms with Crippen molar-refractivity contribution in [1.82, 2.24) is 14.3 Å². The molecule has 29 heavy (non-hydrogen) atoms. The van der Waals surface area contributed by atoms with Gasteiger partial charge in [-0.3, -0.25) is 14.0 Å². The lowest BCUT2D eigenvalue weighted by molar-refractivity contribution is -0.157. The second-order valence-electron chi connectivity index (χ2n) is 6.65. The topological polar surface area (TPSA) is 66.7 Å². The molecule has 0 radical (unpaired) electrons. The zero-order chi connectivity index (χ0) is 20.8. The summed E-state index contributed by atoms with van der Waals surface area (Å²) >= 11 is 1.33. The van der Waals surface area contributed by atoms with E-state index in [0.29, 0.717) is 26.9 Å². The minimum absolute atomic E-state index is 0.292. The van der Waals surface area contributed by atoms with Crippen molar-refractivity contribution < 1.29 is 27.2 Å². The summed E-state index contributed by atoms with van der Waals surface area (Å²) < 4.78 is 52.6. The number of alkyl halides is 3. The van der Waals surface area contributed by atoms with Crippen molar-refractivity contribution in [3.8, 4) is 11.3 Å². The van der Waals surface area contributed by atoms with Crippen molar-refractivity contribution in [3.05, 3.63) is 41.7 Å². The molecule has 6 nitrogen and oxygen atoms in total. The number of amides is 2. The average molecular weight is 426 g/mol. The molecule has 0 spiro atoms. The molecule has 1 N–H and O–H groups in total. The average Bonchev–Trinajstić information content (AvgIpc) is 3.31. The SMILES string of the molecule is O=C(Nc1c(-c2ccc(F)cc2)nc2sccn12)C1CC(=O)N(CC(F)(F)F)C1. The quantitative estimate of drug-likeness (QED) is 0.649. The van der Waals surface area contributed by atoms with Gasteiger partial charge in [-0.15, -0.1) is 11.3 Å². The third kappa shape index (κ3) is 3.95. The molecule has 1 unspecified atom stereocenters. The number of likely N-dealkylation sites (tertiary alicyclic amines) is 1. The van der Waals surface area contributed by atoms with E-state index in [-0.39, 0.29) is 13.0 Å². The van der Waals surface area contributed by atoms with Gasteiger partial charge in [-0.2, -0.15) is 13.2 Å². The van der Waals surface area contributed by atoms with Crippen LogP contribution in [-0.4, -0.2) is 45.4 Å². The standard InChI is InChI=1S/C18H14F4N4O2S/c19-12-3-1-10(2-4-12)14-15(26-5-6-29-17(26)23-14)24-16(28)11-7-13(27)25(8-11)9-18(20,21)22/h1-6,11H,7-9H2,(H,24,28). The van der Waals surface area contributed by atoms with Crippen LogP contribution in [0.5, 0.6) is 0 Å². The molecular formula is C18H14F4N4O2S. The van der Waals surface area contributed by atoms with Gasteiger partial charge in [-0.05, 0) is 24.3 Å². The molecule has 152 valence electrons. The van der Waals surface area contributed by atoms with E-state index in [0.717, 1.165) is 0 Å². The van der Waals surface area contributed by atoms with E-state index < -0.39 is 36.3 Å². The Morgan fingerprint density at radius 2 is 2.00 bits per heavy atom. The number of imidazole rings is 1. The van der Waals surface area contributed by atoms with E-state index in [9.17, 15) is 27.2 Å². The van der Waals surface area contributed by atoms with Crippen LogP contribution < -0.4 is 5.32 Å². The molecule has 3 heterocycles. The number of halogens is 4. The van der Waals surface area contributed by atoms with E-state index in [1.165, 1.54) is 35.6 Å². The molecule has 4 rings (SSSR count). The maximum absolute atomic E-state index is 13.2. The number of carbonyl (C=O) groups is 2. The highest BCUT2D eigenvalue weighted by Crippen LogP contribution is 2.32. The lowest BCUT2D eigenvalue weighted by Gasteiger charge is -2.18. The van der Waals surface area contributed by atoms with Gasteiger partial charge in [-0.1, -0.05) is 0 Å². The monoisotopic (exact) mass is 426 g/mol. The zero-order valence-corrected chi connectivity index (χ0v) is 15.6. The van der Waals surface area contributed by atoms with Crippen LogP contribution >= 0.6 is 11.3 Å². The second kappa shape index (κ2) is 7.14. The fraction of sp³-hybridized carbons (Fsp3) is 0.278. The van der Waals surface area contributed by atoms with Gasteiger partial charge in [0.25, 0.3) is 0 Å². The van der Waals surface area contributed by atoms with Crippen LogP contribution in [0.25, 0.3) is 16.2 Å². The number of aromatic nitrogens is 2. The molecule has 0 aliphatic carbocycles. The Morgan fingerprint density at radius 1 is 1.28 bits per heavy atom. The second-order valence-corrected chi connectivity index (χ2v) is 7.52. The number of nitrogens with zero attached hydrogens (tertiary/aromatic N) is 3. The van der Waals surface area contributed by atoms with Crippen molar-refractivity contribution in [2.75, 3.05) is 18.4 Å². The Bertz CT molecular complexity index is 1070. The molecule has 1 aromatic carbocycles. The van der Waals surface area contributed by atoms with Gasteiger partial charge in [0, 0.05) is 30.1 Å². The smallest absolute Gasteiger partial charge is 0.333 e. The molecule has 0 bridgehead atoms. The van der Waals surface area contributed by atoms with E-state index in [4.69, 9.17) is 0 Å². The Balaban J connectivity index is 1.59. The summed E-state index contributed by atoms with van der Waals surface area (Å²) in [4.78, 5) is 30.2. The van der Waals surface area contributed by atoms with Crippen LogP contribution in [0, 0.1) is 11.7 Å². The maximum Gasteiger partial charge on any atom is 0.406 e. The third-order valence-corrected chi connectivity index (χ3v) is 5.33. The Kier molecular flexibility index (Phi) is 4.77. The van der Waals surface area contributed by atoms with Crippen LogP contribution in [0.2, 0.25) is 0 Å². The highest BCUT2D eigenvalue weighted by atomic mass is 32.1. The maximum atomic E-state index is 13.2. The van der Waals surface area contributed by atoms with Gasteiger partial charge >= 0.3 is 6.18 Å². The molecule has 1 aliphatic rings. The summed E-state index contributed by atoms with van der Waals surface area (Å²) in [6.45, 7) is -1.68. The molecule has 0 saturated carbocycles. The predicted octanol–water partition coefficient (Wildman–Crippen LogP) is 3.55. The first kappa shape index (κ1) is 19.4. The van der Waals surface area contributed by atoms with Gasteiger partial charge in [0.15, 0.2) is 4.96 Å². The van der Waals surface area contributed by atoms with Crippen molar-refractivity contribution in [2.45, 2.75) is 12.6 Å². The van der Waals surface area contributed by atoms with Gasteiger partial charge in [0.2, 0.25) is 11.8 Å². The van der Waals surface area contributed by atoms with Crippen LogP contribution in [0.15, 0.2) is 35.8 Å². The summed E-state index contributed by atoms with van der Waals surface area (Å²) in [5, 5.41) is 4.45. The van der Waals surface area contributed by atoms with Crippen molar-refractivity contribution in [3.63, 3.8) is 0 Å². The van der Waals surface area contributed by atoms with Crippen LogP contribution in [-0.2, 0) is 9.59 Å². The van der Waals surface area contributed by atoms with E-state index >= 15 is 0 Å². The van der Waals surface area contributed by atoms with Crippen LogP contribution in [0.1, 0.15) is 6.42 Å². The highest BCUT2D eigenvalue weighted by Gasteiger charge is 2.40. The number of thiazole rings is 1. The minimum atomic E-state index is -4.52. The molecule has 1 aliphatic heterocycles. The Morgan fingerprint density at radius 3 is 2.69 bits per heavy atom. The zero-order valence-electron chi connectivity index (χ0n) is 14.7. The van der Waals surface area contributed by atoms with Crippen molar-refractivity contribution >= 4 is 33.9 Å². The normalized spacial score (nSPS) is 17.3. The third-order valence-electron chi connectivity index (χ3n) is 4.58. The highest BCUT2D eigenvalue weighted by molar-refractivity contribution is 7.15. The molecule has 3 aromatic rings. The summed E-state index contributed by atoms with van der Waals surface area (Å²) in [5.74, 6) is -2.29. The lowest BCUT2D eigenvalue weighted by atomic mass is 10.1. The number of fused-ring (bicyclic) bond motifs is 1.